The standard InChI is InChI=1S/C16H24ClN3/c1-4-20-16-8-6-5-7-14(16)15(19-20)11-18-13(10-17)9-12(2)3/h5-8,12-13,18H,4,9-11H2,1-3H3. The third-order valence-electron chi connectivity index (χ3n) is 3.53. The zero-order valence-corrected chi connectivity index (χ0v) is 13.3. The Balaban J connectivity index is 2.13. The summed E-state index contributed by atoms with van der Waals surface area (Å²) in [5.41, 5.74) is 2.32. The first kappa shape index (κ1) is 15.3. The zero-order chi connectivity index (χ0) is 14.5. The summed E-state index contributed by atoms with van der Waals surface area (Å²) in [5, 5.41) is 9.48. The summed E-state index contributed by atoms with van der Waals surface area (Å²) >= 11 is 6.04. The minimum absolute atomic E-state index is 0.349. The van der Waals surface area contributed by atoms with Gasteiger partial charge in [0, 0.05) is 30.4 Å². The van der Waals surface area contributed by atoms with Crippen LogP contribution in [0.3, 0.4) is 0 Å². The molecule has 0 spiro atoms. The Morgan fingerprint density at radius 3 is 2.70 bits per heavy atom. The summed E-state index contributed by atoms with van der Waals surface area (Å²) < 4.78 is 2.06. The summed E-state index contributed by atoms with van der Waals surface area (Å²) in [6.45, 7) is 8.24. The first-order valence-electron chi connectivity index (χ1n) is 7.39. The second-order valence-electron chi connectivity index (χ2n) is 5.64. The zero-order valence-electron chi connectivity index (χ0n) is 12.6. The molecule has 0 saturated carbocycles. The summed E-state index contributed by atoms with van der Waals surface area (Å²) in [7, 11) is 0. The van der Waals surface area contributed by atoms with Crippen molar-refractivity contribution in [3.05, 3.63) is 30.0 Å². The Kier molecular flexibility index (Phi) is 5.44. The van der Waals surface area contributed by atoms with Gasteiger partial charge < -0.3 is 5.32 Å². The highest BCUT2D eigenvalue weighted by atomic mass is 35.5. The number of benzene rings is 1. The van der Waals surface area contributed by atoms with Crippen LogP contribution in [0.4, 0.5) is 0 Å². The van der Waals surface area contributed by atoms with Gasteiger partial charge in [0.25, 0.3) is 0 Å². The molecular formula is C16H24ClN3. The van der Waals surface area contributed by atoms with Crippen molar-refractivity contribution in [1.82, 2.24) is 15.1 Å². The predicted octanol–water partition coefficient (Wildman–Crippen LogP) is 3.80. The van der Waals surface area contributed by atoms with E-state index in [1.165, 1.54) is 10.9 Å². The minimum atomic E-state index is 0.349. The number of para-hydroxylation sites is 1. The number of halogens is 1. The lowest BCUT2D eigenvalue weighted by atomic mass is 10.1. The van der Waals surface area contributed by atoms with E-state index in [4.69, 9.17) is 16.7 Å². The smallest absolute Gasteiger partial charge is 0.0841 e. The fourth-order valence-corrected chi connectivity index (χ4v) is 2.81. The van der Waals surface area contributed by atoms with Gasteiger partial charge in [-0.1, -0.05) is 32.0 Å². The molecule has 0 saturated heterocycles. The number of nitrogens with zero attached hydrogens (tertiary/aromatic N) is 2. The van der Waals surface area contributed by atoms with Gasteiger partial charge in [0.05, 0.1) is 11.2 Å². The third kappa shape index (κ3) is 3.53. The molecule has 3 nitrogen and oxygen atoms in total. The molecule has 1 heterocycles. The van der Waals surface area contributed by atoms with Crippen molar-refractivity contribution in [3.63, 3.8) is 0 Å². The van der Waals surface area contributed by atoms with E-state index in [0.717, 1.165) is 25.2 Å². The van der Waals surface area contributed by atoms with Crippen molar-refractivity contribution in [2.45, 2.75) is 46.3 Å². The molecule has 0 aliphatic heterocycles. The Morgan fingerprint density at radius 2 is 2.05 bits per heavy atom. The average molecular weight is 294 g/mol. The molecule has 0 fully saturated rings. The summed E-state index contributed by atoms with van der Waals surface area (Å²) in [6.07, 6.45) is 1.09. The fourth-order valence-electron chi connectivity index (χ4n) is 2.58. The van der Waals surface area contributed by atoms with Gasteiger partial charge in [-0.05, 0) is 25.3 Å². The highest BCUT2D eigenvalue weighted by Gasteiger charge is 2.13. The van der Waals surface area contributed by atoms with Gasteiger partial charge in [-0.15, -0.1) is 11.6 Å². The van der Waals surface area contributed by atoms with Crippen molar-refractivity contribution in [1.29, 1.82) is 0 Å². The van der Waals surface area contributed by atoms with Crippen molar-refractivity contribution >= 4 is 22.5 Å². The van der Waals surface area contributed by atoms with Gasteiger partial charge in [0.15, 0.2) is 0 Å². The number of aryl methyl sites for hydroxylation is 1. The largest absolute Gasteiger partial charge is 0.307 e. The van der Waals surface area contributed by atoms with Crippen molar-refractivity contribution in [2.75, 3.05) is 5.88 Å². The number of hydrogen-bond acceptors (Lipinski definition) is 2. The van der Waals surface area contributed by atoms with Crippen molar-refractivity contribution in [3.8, 4) is 0 Å². The summed E-state index contributed by atoms with van der Waals surface area (Å²) in [4.78, 5) is 0. The molecule has 110 valence electrons. The average Bonchev–Trinajstić information content (AvgIpc) is 2.81. The second-order valence-corrected chi connectivity index (χ2v) is 5.95. The van der Waals surface area contributed by atoms with E-state index in [1.54, 1.807) is 0 Å². The monoisotopic (exact) mass is 293 g/mol. The number of hydrogen-bond donors (Lipinski definition) is 1. The van der Waals surface area contributed by atoms with Gasteiger partial charge in [-0.2, -0.15) is 5.10 Å². The van der Waals surface area contributed by atoms with Crippen LogP contribution in [-0.4, -0.2) is 21.7 Å². The van der Waals surface area contributed by atoms with E-state index in [0.29, 0.717) is 17.8 Å². The molecule has 0 bridgehead atoms. The van der Waals surface area contributed by atoms with E-state index in [2.05, 4.69) is 55.0 Å². The first-order chi connectivity index (χ1) is 9.65. The van der Waals surface area contributed by atoms with Crippen LogP contribution in [0.25, 0.3) is 10.9 Å². The van der Waals surface area contributed by atoms with Crippen LogP contribution in [0, 0.1) is 5.92 Å². The Bertz CT molecular complexity index is 548. The van der Waals surface area contributed by atoms with Gasteiger partial charge in [-0.3, -0.25) is 4.68 Å². The molecule has 4 heteroatoms. The lowest BCUT2D eigenvalue weighted by molar-refractivity contribution is 0.442. The van der Waals surface area contributed by atoms with E-state index < -0.39 is 0 Å². The molecule has 1 aromatic heterocycles. The number of fused-ring (bicyclic) bond motifs is 1. The molecular weight excluding hydrogens is 270 g/mol. The minimum Gasteiger partial charge on any atom is -0.307 e. The third-order valence-corrected chi connectivity index (χ3v) is 3.91. The van der Waals surface area contributed by atoms with Gasteiger partial charge in [-0.25, -0.2) is 0 Å². The molecule has 0 amide bonds. The van der Waals surface area contributed by atoms with Crippen LogP contribution >= 0.6 is 11.6 Å². The molecule has 1 aromatic carbocycles. The maximum atomic E-state index is 6.04. The molecule has 2 aromatic rings. The molecule has 0 aliphatic rings. The highest BCUT2D eigenvalue weighted by molar-refractivity contribution is 6.18. The maximum absolute atomic E-state index is 6.04. The number of nitrogens with one attached hydrogen (secondary N) is 1. The van der Waals surface area contributed by atoms with E-state index in [1.807, 2.05) is 0 Å². The molecule has 2 rings (SSSR count). The van der Waals surface area contributed by atoms with Crippen LogP contribution in [0.1, 0.15) is 32.9 Å². The maximum Gasteiger partial charge on any atom is 0.0841 e. The summed E-state index contributed by atoms with van der Waals surface area (Å²) in [6, 6.07) is 8.75. The van der Waals surface area contributed by atoms with Crippen LogP contribution in [-0.2, 0) is 13.1 Å². The SMILES string of the molecule is CCn1nc(CNC(CCl)CC(C)C)c2ccccc21. The normalized spacial score (nSPS) is 13.2. The summed E-state index contributed by atoms with van der Waals surface area (Å²) in [5.74, 6) is 1.29. The highest BCUT2D eigenvalue weighted by Crippen LogP contribution is 2.18. The van der Waals surface area contributed by atoms with Gasteiger partial charge in [0.2, 0.25) is 0 Å². The van der Waals surface area contributed by atoms with Crippen LogP contribution < -0.4 is 5.32 Å². The number of aromatic nitrogens is 2. The number of alkyl halides is 1. The van der Waals surface area contributed by atoms with Crippen LogP contribution in [0.15, 0.2) is 24.3 Å². The van der Waals surface area contributed by atoms with Crippen molar-refractivity contribution < 1.29 is 0 Å². The van der Waals surface area contributed by atoms with Gasteiger partial charge >= 0.3 is 0 Å². The first-order valence-corrected chi connectivity index (χ1v) is 7.92. The lowest BCUT2D eigenvalue weighted by Crippen LogP contribution is -2.31. The van der Waals surface area contributed by atoms with Crippen molar-refractivity contribution in [2.24, 2.45) is 5.92 Å². The molecule has 1 unspecified atom stereocenters. The molecule has 0 aliphatic carbocycles. The quantitative estimate of drug-likeness (QED) is 0.787. The van der Waals surface area contributed by atoms with Crippen LogP contribution in [0.5, 0.6) is 0 Å². The van der Waals surface area contributed by atoms with E-state index in [9.17, 15) is 0 Å². The second kappa shape index (κ2) is 7.09. The predicted molar refractivity (Wildman–Crippen MR) is 86.2 cm³/mol. The molecule has 1 N–H and O–H groups in total. The van der Waals surface area contributed by atoms with Crippen LogP contribution in [0.2, 0.25) is 0 Å². The van der Waals surface area contributed by atoms with E-state index >= 15 is 0 Å². The molecule has 0 radical (unpaired) electrons. The Morgan fingerprint density at radius 1 is 1.30 bits per heavy atom. The Labute approximate surface area is 126 Å². The topological polar surface area (TPSA) is 29.9 Å². The van der Waals surface area contributed by atoms with E-state index in [-0.39, 0.29) is 0 Å². The molecule has 1 atom stereocenters. The van der Waals surface area contributed by atoms with Gasteiger partial charge in [0.1, 0.15) is 0 Å². The molecule has 20 heavy (non-hydrogen) atoms. The lowest BCUT2D eigenvalue weighted by Gasteiger charge is -2.17. The Hall–Kier alpha value is -1.06. The number of rotatable bonds is 7. The fraction of sp³-hybridized carbons (Fsp3) is 0.562.